The van der Waals surface area contributed by atoms with Crippen LogP contribution >= 0.6 is 11.6 Å². The van der Waals surface area contributed by atoms with E-state index in [-0.39, 0.29) is 5.78 Å². The lowest BCUT2D eigenvalue weighted by Gasteiger charge is -2.42. The fraction of sp³-hybridized carbons (Fsp3) is 0.588. The number of hydrogen-bond donors (Lipinski definition) is 0. The largest absolute Gasteiger partial charge is 0.370 e. The van der Waals surface area contributed by atoms with E-state index in [9.17, 15) is 4.79 Å². The van der Waals surface area contributed by atoms with Gasteiger partial charge in [-0.05, 0) is 43.4 Å². The van der Waals surface area contributed by atoms with Crippen LogP contribution in [0.3, 0.4) is 0 Å². The second-order valence-electron chi connectivity index (χ2n) is 5.92. The first-order valence-corrected chi connectivity index (χ1v) is 7.94. The minimum atomic E-state index is 0.0630. The van der Waals surface area contributed by atoms with Crippen molar-refractivity contribution in [3.8, 4) is 0 Å². The molecule has 1 aliphatic heterocycles. The van der Waals surface area contributed by atoms with Crippen LogP contribution in [0, 0.1) is 5.41 Å². The highest BCUT2D eigenvalue weighted by Gasteiger charge is 2.31. The lowest BCUT2D eigenvalue weighted by Crippen LogP contribution is -2.39. The molecule has 0 aromatic heterocycles. The van der Waals surface area contributed by atoms with Crippen molar-refractivity contribution in [2.24, 2.45) is 5.41 Å². The summed E-state index contributed by atoms with van der Waals surface area (Å²) in [6.07, 6.45) is 4.97. The molecular weight excluding hydrogens is 270 g/mol. The molecule has 1 aromatic carbocycles. The molecule has 110 valence electrons. The first kappa shape index (κ1) is 15.4. The highest BCUT2D eigenvalue weighted by Crippen LogP contribution is 2.40. The van der Waals surface area contributed by atoms with Crippen molar-refractivity contribution in [1.82, 2.24) is 0 Å². The van der Waals surface area contributed by atoms with Crippen LogP contribution in [0.4, 0.5) is 5.69 Å². The number of Topliss-reactive ketones (excluding diaryl/α,β-unsaturated/α-hetero) is 1. The lowest BCUT2D eigenvalue weighted by molar-refractivity contribution is 0.101. The average Bonchev–Trinajstić information content (AvgIpc) is 2.47. The summed E-state index contributed by atoms with van der Waals surface area (Å²) >= 11 is 6.35. The Balaban J connectivity index is 2.13. The fourth-order valence-electron chi connectivity index (χ4n) is 3.16. The summed E-state index contributed by atoms with van der Waals surface area (Å²) in [4.78, 5) is 13.7. The minimum absolute atomic E-state index is 0.0630. The second-order valence-corrected chi connectivity index (χ2v) is 6.32. The molecule has 2 rings (SSSR count). The van der Waals surface area contributed by atoms with Gasteiger partial charge in [0.2, 0.25) is 0 Å². The fourth-order valence-corrected chi connectivity index (χ4v) is 3.46. The van der Waals surface area contributed by atoms with Gasteiger partial charge >= 0.3 is 0 Å². The predicted molar refractivity (Wildman–Crippen MR) is 85.9 cm³/mol. The normalized spacial score (nSPS) is 18.1. The van der Waals surface area contributed by atoms with Gasteiger partial charge in [0.05, 0.1) is 10.7 Å². The molecule has 0 aliphatic carbocycles. The molecule has 1 saturated heterocycles. The Morgan fingerprint density at radius 3 is 2.30 bits per heavy atom. The molecule has 1 aliphatic rings. The van der Waals surface area contributed by atoms with Crippen LogP contribution in [0.25, 0.3) is 0 Å². The molecule has 2 nitrogen and oxygen atoms in total. The van der Waals surface area contributed by atoms with E-state index < -0.39 is 0 Å². The predicted octanol–water partition coefficient (Wildman–Crippen LogP) is 4.95. The van der Waals surface area contributed by atoms with Gasteiger partial charge in [0.15, 0.2) is 5.78 Å². The van der Waals surface area contributed by atoms with Crippen molar-refractivity contribution in [3.05, 3.63) is 28.8 Å². The summed E-state index contributed by atoms with van der Waals surface area (Å²) < 4.78 is 0. The minimum Gasteiger partial charge on any atom is -0.370 e. The molecule has 1 heterocycles. The van der Waals surface area contributed by atoms with Gasteiger partial charge in [-0.1, -0.05) is 38.3 Å². The Kier molecular flexibility index (Phi) is 4.74. The van der Waals surface area contributed by atoms with E-state index in [2.05, 4.69) is 18.7 Å². The Hall–Kier alpha value is -1.02. The first-order valence-electron chi connectivity index (χ1n) is 7.57. The number of benzene rings is 1. The molecule has 0 atom stereocenters. The summed E-state index contributed by atoms with van der Waals surface area (Å²) in [5, 5.41) is 0.693. The van der Waals surface area contributed by atoms with Crippen molar-refractivity contribution in [1.29, 1.82) is 0 Å². The smallest absolute Gasteiger partial charge is 0.159 e. The Bertz CT molecular complexity index is 484. The number of ketones is 1. The molecule has 0 unspecified atom stereocenters. The Labute approximate surface area is 127 Å². The molecule has 0 spiro atoms. The molecule has 0 bridgehead atoms. The SMILES string of the molecule is CCC1(CC)CCN(c2ccc(C(C)=O)cc2Cl)CC1. The third-order valence-corrected chi connectivity index (χ3v) is 5.32. The molecule has 0 radical (unpaired) electrons. The zero-order chi connectivity index (χ0) is 14.8. The zero-order valence-corrected chi connectivity index (χ0v) is 13.5. The molecule has 0 saturated carbocycles. The van der Waals surface area contributed by atoms with Crippen LogP contribution < -0.4 is 4.90 Å². The van der Waals surface area contributed by atoms with Crippen molar-refractivity contribution in [2.75, 3.05) is 18.0 Å². The van der Waals surface area contributed by atoms with Crippen molar-refractivity contribution in [3.63, 3.8) is 0 Å². The number of carbonyl (C=O) groups excluding carboxylic acids is 1. The monoisotopic (exact) mass is 293 g/mol. The van der Waals surface area contributed by atoms with Crippen LogP contribution in [0.1, 0.15) is 56.8 Å². The standard InChI is InChI=1S/C17H24ClNO/c1-4-17(5-2)8-10-19(11-9-17)16-7-6-14(13(3)20)12-15(16)18/h6-7,12H,4-5,8-11H2,1-3H3. The molecule has 0 N–H and O–H groups in total. The number of anilines is 1. The van der Waals surface area contributed by atoms with Crippen LogP contribution in [-0.2, 0) is 0 Å². The van der Waals surface area contributed by atoms with Crippen LogP contribution in [0.5, 0.6) is 0 Å². The van der Waals surface area contributed by atoms with E-state index >= 15 is 0 Å². The van der Waals surface area contributed by atoms with Crippen molar-refractivity contribution < 1.29 is 4.79 Å². The van der Waals surface area contributed by atoms with E-state index in [0.717, 1.165) is 18.8 Å². The molecular formula is C17H24ClNO. The van der Waals surface area contributed by atoms with Gasteiger partial charge in [0.1, 0.15) is 0 Å². The Morgan fingerprint density at radius 1 is 1.25 bits per heavy atom. The van der Waals surface area contributed by atoms with Gasteiger partial charge in [-0.25, -0.2) is 0 Å². The molecule has 0 amide bonds. The van der Waals surface area contributed by atoms with E-state index in [1.165, 1.54) is 25.7 Å². The van der Waals surface area contributed by atoms with E-state index in [1.807, 2.05) is 12.1 Å². The van der Waals surface area contributed by atoms with Gasteiger partial charge < -0.3 is 4.90 Å². The van der Waals surface area contributed by atoms with Crippen molar-refractivity contribution in [2.45, 2.75) is 46.5 Å². The quantitative estimate of drug-likeness (QED) is 0.732. The number of carbonyl (C=O) groups is 1. The van der Waals surface area contributed by atoms with Crippen molar-refractivity contribution >= 4 is 23.1 Å². The summed E-state index contributed by atoms with van der Waals surface area (Å²) in [5.41, 5.74) is 2.27. The average molecular weight is 294 g/mol. The number of rotatable bonds is 4. The highest BCUT2D eigenvalue weighted by atomic mass is 35.5. The van der Waals surface area contributed by atoms with Gasteiger partial charge in [-0.2, -0.15) is 0 Å². The number of nitrogens with zero attached hydrogens (tertiary/aromatic N) is 1. The third-order valence-electron chi connectivity index (χ3n) is 5.02. The third kappa shape index (κ3) is 3.01. The molecule has 3 heteroatoms. The van der Waals surface area contributed by atoms with Gasteiger partial charge in [-0.15, -0.1) is 0 Å². The maximum Gasteiger partial charge on any atom is 0.159 e. The summed E-state index contributed by atoms with van der Waals surface area (Å²) in [7, 11) is 0. The summed E-state index contributed by atoms with van der Waals surface area (Å²) in [5.74, 6) is 0.0630. The van der Waals surface area contributed by atoms with Crippen LogP contribution in [-0.4, -0.2) is 18.9 Å². The molecule has 1 aromatic rings. The second kappa shape index (κ2) is 6.17. The number of hydrogen-bond acceptors (Lipinski definition) is 2. The molecule has 1 fully saturated rings. The van der Waals surface area contributed by atoms with E-state index in [1.54, 1.807) is 13.0 Å². The van der Waals surface area contributed by atoms with Crippen LogP contribution in [0.15, 0.2) is 18.2 Å². The lowest BCUT2D eigenvalue weighted by atomic mass is 9.74. The number of halogens is 1. The summed E-state index contributed by atoms with van der Waals surface area (Å²) in [6.45, 7) is 8.28. The maximum absolute atomic E-state index is 11.4. The zero-order valence-electron chi connectivity index (χ0n) is 12.7. The van der Waals surface area contributed by atoms with E-state index in [0.29, 0.717) is 16.0 Å². The topological polar surface area (TPSA) is 20.3 Å². The van der Waals surface area contributed by atoms with E-state index in [4.69, 9.17) is 11.6 Å². The highest BCUT2D eigenvalue weighted by molar-refractivity contribution is 6.33. The van der Waals surface area contributed by atoms with Gasteiger partial charge in [0, 0.05) is 18.7 Å². The van der Waals surface area contributed by atoms with Gasteiger partial charge in [0.25, 0.3) is 0 Å². The van der Waals surface area contributed by atoms with Gasteiger partial charge in [-0.3, -0.25) is 4.79 Å². The first-order chi connectivity index (χ1) is 9.51. The maximum atomic E-state index is 11.4. The molecule has 20 heavy (non-hydrogen) atoms. The Morgan fingerprint density at radius 2 is 1.85 bits per heavy atom. The summed E-state index contributed by atoms with van der Waals surface area (Å²) in [6, 6.07) is 5.66. The van der Waals surface area contributed by atoms with Crippen LogP contribution in [0.2, 0.25) is 5.02 Å². The number of piperidine rings is 1.